The lowest BCUT2D eigenvalue weighted by molar-refractivity contribution is 0.258. The zero-order valence-electron chi connectivity index (χ0n) is 9.84. The van der Waals surface area contributed by atoms with E-state index in [0.29, 0.717) is 13.0 Å². The molecule has 0 aliphatic rings. The van der Waals surface area contributed by atoms with E-state index in [1.54, 1.807) is 0 Å². The van der Waals surface area contributed by atoms with Gasteiger partial charge >= 0.3 is 0 Å². The van der Waals surface area contributed by atoms with Crippen molar-refractivity contribution in [2.24, 2.45) is 5.92 Å². The van der Waals surface area contributed by atoms with Gasteiger partial charge in [-0.1, -0.05) is 13.3 Å². The maximum atomic E-state index is 13.1. The van der Waals surface area contributed by atoms with E-state index >= 15 is 0 Å². The summed E-state index contributed by atoms with van der Waals surface area (Å²) in [6.07, 6.45) is 1.53. The molecule has 3 nitrogen and oxygen atoms in total. The Kier molecular flexibility index (Phi) is 5.15. The maximum Gasteiger partial charge on any atom is 0.151 e. The van der Waals surface area contributed by atoms with Crippen LogP contribution in [0.15, 0.2) is 12.1 Å². The second kappa shape index (κ2) is 6.39. The topological polar surface area (TPSA) is 58.3 Å². The molecule has 96 valence electrons. The zero-order chi connectivity index (χ0) is 12.8. The Hall–Kier alpha value is -1.36. The molecule has 0 radical (unpaired) electrons. The molecule has 5 heteroatoms. The molecule has 0 amide bonds. The summed E-state index contributed by atoms with van der Waals surface area (Å²) < 4.78 is 26.1. The fourth-order valence-electron chi connectivity index (χ4n) is 1.62. The molecule has 1 atom stereocenters. The molecule has 0 spiro atoms. The van der Waals surface area contributed by atoms with Crippen molar-refractivity contribution in [1.82, 2.24) is 0 Å². The van der Waals surface area contributed by atoms with Crippen LogP contribution in [-0.4, -0.2) is 18.3 Å². The van der Waals surface area contributed by atoms with E-state index in [4.69, 9.17) is 10.8 Å². The normalized spacial score (nSPS) is 12.5. The van der Waals surface area contributed by atoms with Gasteiger partial charge in [0.1, 0.15) is 5.82 Å². The van der Waals surface area contributed by atoms with Crippen molar-refractivity contribution in [3.63, 3.8) is 0 Å². The maximum absolute atomic E-state index is 13.1. The molecule has 0 aromatic heterocycles. The predicted octanol–water partition coefficient (Wildman–Crippen LogP) is 2.37. The Morgan fingerprint density at radius 2 is 2.12 bits per heavy atom. The molecule has 0 fully saturated rings. The van der Waals surface area contributed by atoms with Crippen LogP contribution in [0.3, 0.4) is 0 Å². The largest absolute Gasteiger partial charge is 0.396 e. The van der Waals surface area contributed by atoms with Crippen LogP contribution in [0, 0.1) is 17.6 Å². The minimum Gasteiger partial charge on any atom is -0.396 e. The van der Waals surface area contributed by atoms with Gasteiger partial charge in [0.25, 0.3) is 0 Å². The van der Waals surface area contributed by atoms with Crippen molar-refractivity contribution in [2.75, 3.05) is 24.2 Å². The van der Waals surface area contributed by atoms with Gasteiger partial charge in [0.2, 0.25) is 0 Å². The van der Waals surface area contributed by atoms with E-state index in [1.807, 2.05) is 6.92 Å². The van der Waals surface area contributed by atoms with Crippen molar-refractivity contribution in [2.45, 2.75) is 19.8 Å². The van der Waals surface area contributed by atoms with Crippen LogP contribution in [0.4, 0.5) is 20.2 Å². The molecular weight excluding hydrogens is 226 g/mol. The van der Waals surface area contributed by atoms with Crippen LogP contribution in [0.5, 0.6) is 0 Å². The molecule has 0 heterocycles. The number of halogens is 2. The van der Waals surface area contributed by atoms with Crippen molar-refractivity contribution in [1.29, 1.82) is 0 Å². The smallest absolute Gasteiger partial charge is 0.151 e. The van der Waals surface area contributed by atoms with Gasteiger partial charge in [-0.15, -0.1) is 0 Å². The van der Waals surface area contributed by atoms with Gasteiger partial charge in [-0.3, -0.25) is 0 Å². The second-order valence-electron chi connectivity index (χ2n) is 4.02. The molecule has 0 bridgehead atoms. The molecule has 4 N–H and O–H groups in total. The minimum absolute atomic E-state index is 0.0785. The third-order valence-corrected chi connectivity index (χ3v) is 2.79. The number of nitrogens with two attached hydrogens (primary N) is 1. The first-order valence-corrected chi connectivity index (χ1v) is 5.67. The van der Waals surface area contributed by atoms with Crippen LogP contribution in [-0.2, 0) is 0 Å². The van der Waals surface area contributed by atoms with Crippen LogP contribution in [0.2, 0.25) is 0 Å². The monoisotopic (exact) mass is 244 g/mol. The number of anilines is 2. The van der Waals surface area contributed by atoms with Gasteiger partial charge < -0.3 is 16.2 Å². The summed E-state index contributed by atoms with van der Waals surface area (Å²) in [5.74, 6) is -1.16. The van der Waals surface area contributed by atoms with E-state index in [2.05, 4.69) is 5.32 Å². The van der Waals surface area contributed by atoms with Gasteiger partial charge in [-0.25, -0.2) is 8.78 Å². The van der Waals surface area contributed by atoms with E-state index in [9.17, 15) is 8.78 Å². The zero-order valence-corrected chi connectivity index (χ0v) is 9.84. The fourth-order valence-corrected chi connectivity index (χ4v) is 1.62. The number of aliphatic hydroxyl groups is 1. The van der Waals surface area contributed by atoms with Gasteiger partial charge in [0.15, 0.2) is 5.82 Å². The number of nitrogen functional groups attached to an aromatic ring is 1. The minimum atomic E-state index is -0.761. The fraction of sp³-hybridized carbons (Fsp3) is 0.500. The van der Waals surface area contributed by atoms with Crippen molar-refractivity contribution in [3.8, 4) is 0 Å². The summed E-state index contributed by atoms with van der Waals surface area (Å²) in [7, 11) is 0. The Bertz CT molecular complexity index is 372. The number of hydrogen-bond donors (Lipinski definition) is 3. The first-order chi connectivity index (χ1) is 8.08. The number of rotatable bonds is 6. The lowest BCUT2D eigenvalue weighted by Gasteiger charge is -2.16. The molecular formula is C12H18F2N2O. The number of hydrogen-bond acceptors (Lipinski definition) is 3. The van der Waals surface area contributed by atoms with Crippen molar-refractivity contribution in [3.05, 3.63) is 23.8 Å². The number of benzene rings is 1. The highest BCUT2D eigenvalue weighted by Crippen LogP contribution is 2.24. The van der Waals surface area contributed by atoms with E-state index < -0.39 is 11.6 Å². The molecule has 1 rings (SSSR count). The molecule has 17 heavy (non-hydrogen) atoms. The van der Waals surface area contributed by atoms with E-state index in [0.717, 1.165) is 12.5 Å². The lowest BCUT2D eigenvalue weighted by Crippen LogP contribution is -2.16. The highest BCUT2D eigenvalue weighted by atomic mass is 19.1. The average Bonchev–Trinajstić information content (AvgIpc) is 2.30. The van der Waals surface area contributed by atoms with E-state index in [1.165, 1.54) is 6.07 Å². The third kappa shape index (κ3) is 3.85. The Balaban J connectivity index is 2.68. The summed E-state index contributed by atoms with van der Waals surface area (Å²) in [6, 6.07) is 1.93. The number of aliphatic hydroxyl groups excluding tert-OH is 1. The van der Waals surface area contributed by atoms with Crippen LogP contribution in [0.1, 0.15) is 19.8 Å². The molecule has 0 aliphatic heterocycles. The van der Waals surface area contributed by atoms with Crippen molar-refractivity contribution >= 4 is 11.4 Å². The first kappa shape index (κ1) is 13.7. The Labute approximate surface area is 99.6 Å². The predicted molar refractivity (Wildman–Crippen MR) is 64.7 cm³/mol. The highest BCUT2D eigenvalue weighted by molar-refractivity contribution is 5.66. The third-order valence-electron chi connectivity index (χ3n) is 2.79. The van der Waals surface area contributed by atoms with Gasteiger partial charge in [-0.05, 0) is 18.4 Å². The standard InChI is InChI=1S/C12H18F2N2O/c1-2-8(3-4-17)7-16-11-6-9(13)5-10(14)12(11)15/h5-6,8,16-17H,2-4,7,15H2,1H3. The average molecular weight is 244 g/mol. The summed E-state index contributed by atoms with van der Waals surface area (Å²) in [5, 5.41) is 11.7. The summed E-state index contributed by atoms with van der Waals surface area (Å²) >= 11 is 0. The van der Waals surface area contributed by atoms with Gasteiger partial charge in [0, 0.05) is 19.2 Å². The Morgan fingerprint density at radius 3 is 2.71 bits per heavy atom. The van der Waals surface area contributed by atoms with Gasteiger partial charge in [-0.2, -0.15) is 0 Å². The van der Waals surface area contributed by atoms with E-state index in [-0.39, 0.29) is 23.9 Å². The van der Waals surface area contributed by atoms with Crippen LogP contribution < -0.4 is 11.1 Å². The molecule has 0 aliphatic carbocycles. The van der Waals surface area contributed by atoms with Crippen LogP contribution in [0.25, 0.3) is 0 Å². The molecule has 0 saturated heterocycles. The number of nitrogens with one attached hydrogen (secondary N) is 1. The molecule has 0 saturated carbocycles. The highest BCUT2D eigenvalue weighted by Gasteiger charge is 2.10. The quantitative estimate of drug-likeness (QED) is 0.673. The van der Waals surface area contributed by atoms with Gasteiger partial charge in [0.05, 0.1) is 11.4 Å². The van der Waals surface area contributed by atoms with Crippen molar-refractivity contribution < 1.29 is 13.9 Å². The summed E-state index contributed by atoms with van der Waals surface area (Å²) in [6.45, 7) is 2.63. The molecule has 1 aromatic rings. The Morgan fingerprint density at radius 1 is 1.41 bits per heavy atom. The summed E-state index contributed by atoms with van der Waals surface area (Å²) in [4.78, 5) is 0. The summed E-state index contributed by atoms with van der Waals surface area (Å²) in [5.41, 5.74) is 5.68. The SMILES string of the molecule is CCC(CCO)CNc1cc(F)cc(F)c1N. The van der Waals surface area contributed by atoms with Crippen LogP contribution >= 0.6 is 0 Å². The first-order valence-electron chi connectivity index (χ1n) is 5.67. The molecule has 1 unspecified atom stereocenters. The molecule has 1 aromatic carbocycles. The second-order valence-corrected chi connectivity index (χ2v) is 4.02. The lowest BCUT2D eigenvalue weighted by atomic mass is 10.0.